The normalized spacial score (nSPS) is 10.7. The fourth-order valence-electron chi connectivity index (χ4n) is 2.49. The van der Waals surface area contributed by atoms with Gasteiger partial charge in [0.2, 0.25) is 0 Å². The van der Waals surface area contributed by atoms with Gasteiger partial charge in [-0.3, -0.25) is 14.9 Å². The Morgan fingerprint density at radius 1 is 0.931 bits per heavy atom. The smallest absolute Gasteiger partial charge is 0.343 e. The molecule has 0 atom stereocenters. The topological polar surface area (TPSA) is 86.5 Å². The van der Waals surface area contributed by atoms with Crippen LogP contribution in [0.4, 0.5) is 5.69 Å². The number of esters is 1. The Bertz CT molecular complexity index is 1110. The molecule has 29 heavy (non-hydrogen) atoms. The van der Waals surface area contributed by atoms with Crippen molar-refractivity contribution in [2.24, 2.45) is 0 Å². The zero-order valence-corrected chi connectivity index (χ0v) is 16.5. The summed E-state index contributed by atoms with van der Waals surface area (Å²) in [6, 6.07) is 18.9. The van der Waals surface area contributed by atoms with Crippen LogP contribution < -0.4 is 4.74 Å². The van der Waals surface area contributed by atoms with E-state index in [-0.39, 0.29) is 22.8 Å². The van der Waals surface area contributed by atoms with Gasteiger partial charge in [0.05, 0.1) is 10.5 Å². The van der Waals surface area contributed by atoms with Crippen molar-refractivity contribution in [2.45, 2.75) is 0 Å². The molecule has 0 aliphatic rings. The van der Waals surface area contributed by atoms with Crippen molar-refractivity contribution in [3.05, 3.63) is 110 Å². The molecule has 0 radical (unpaired) electrons. The Labute approximate surface area is 174 Å². The van der Waals surface area contributed by atoms with Gasteiger partial charge in [-0.1, -0.05) is 40.2 Å². The van der Waals surface area contributed by atoms with Gasteiger partial charge in [0.1, 0.15) is 5.75 Å². The van der Waals surface area contributed by atoms with Crippen molar-refractivity contribution < 1.29 is 19.2 Å². The number of para-hydroxylation sites is 1. The molecule has 3 rings (SSSR count). The number of ketones is 1. The zero-order chi connectivity index (χ0) is 20.8. The summed E-state index contributed by atoms with van der Waals surface area (Å²) >= 11 is 3.32. The first-order chi connectivity index (χ1) is 13.9. The van der Waals surface area contributed by atoms with Gasteiger partial charge < -0.3 is 4.74 Å². The molecule has 0 amide bonds. The maximum absolute atomic E-state index is 12.4. The van der Waals surface area contributed by atoms with E-state index in [1.54, 1.807) is 54.6 Å². The van der Waals surface area contributed by atoms with E-state index in [1.807, 2.05) is 0 Å². The second-order valence-corrected chi connectivity index (χ2v) is 6.85. The quantitative estimate of drug-likeness (QED) is 0.124. The first kappa shape index (κ1) is 20.2. The van der Waals surface area contributed by atoms with Gasteiger partial charge in [-0.05, 0) is 48.6 Å². The predicted octanol–water partition coefficient (Wildman–Crippen LogP) is 5.47. The van der Waals surface area contributed by atoms with Crippen molar-refractivity contribution in [2.75, 3.05) is 0 Å². The van der Waals surface area contributed by atoms with E-state index in [1.165, 1.54) is 24.3 Å². The highest BCUT2D eigenvalue weighted by atomic mass is 79.9. The lowest BCUT2D eigenvalue weighted by Crippen LogP contribution is -2.09. The molecule has 0 fully saturated rings. The third kappa shape index (κ3) is 5.24. The molecule has 7 heteroatoms. The van der Waals surface area contributed by atoms with Crippen LogP contribution in [0, 0.1) is 10.1 Å². The number of ether oxygens (including phenoxy) is 1. The molecule has 0 heterocycles. The van der Waals surface area contributed by atoms with Crippen LogP contribution in [0.2, 0.25) is 0 Å². The number of non-ortho nitro benzene ring substituents is 1. The third-order valence-corrected chi connectivity index (χ3v) is 4.49. The zero-order valence-electron chi connectivity index (χ0n) is 14.9. The second kappa shape index (κ2) is 9.07. The average Bonchev–Trinajstić information content (AvgIpc) is 2.73. The molecular formula is C22H14BrNO5. The Morgan fingerprint density at radius 2 is 1.66 bits per heavy atom. The minimum Gasteiger partial charge on any atom is -0.422 e. The standard InChI is InChI=1S/C22H14BrNO5/c23-18-11-8-15(9-12-18)20(25)13-10-16-4-1-2-7-21(16)29-22(26)17-5-3-6-19(14-17)24(27)28/h1-14H/b13-10+. The number of carbonyl (C=O) groups is 2. The van der Waals surface area contributed by atoms with E-state index in [9.17, 15) is 19.7 Å². The number of allylic oxidation sites excluding steroid dienone is 1. The lowest BCUT2D eigenvalue weighted by molar-refractivity contribution is -0.384. The van der Waals surface area contributed by atoms with Gasteiger partial charge in [-0.2, -0.15) is 0 Å². The van der Waals surface area contributed by atoms with Crippen LogP contribution in [-0.2, 0) is 0 Å². The van der Waals surface area contributed by atoms with Crippen LogP contribution >= 0.6 is 15.9 Å². The number of nitro groups is 1. The number of benzene rings is 3. The first-order valence-corrected chi connectivity index (χ1v) is 9.27. The van der Waals surface area contributed by atoms with Crippen LogP contribution in [0.3, 0.4) is 0 Å². The van der Waals surface area contributed by atoms with Gasteiger partial charge in [-0.25, -0.2) is 4.79 Å². The van der Waals surface area contributed by atoms with Gasteiger partial charge in [0, 0.05) is 27.7 Å². The summed E-state index contributed by atoms with van der Waals surface area (Å²) in [5.41, 5.74) is 0.906. The van der Waals surface area contributed by atoms with Crippen LogP contribution in [0.25, 0.3) is 6.08 Å². The summed E-state index contributed by atoms with van der Waals surface area (Å²) in [7, 11) is 0. The number of halogens is 1. The van der Waals surface area contributed by atoms with Gasteiger partial charge >= 0.3 is 5.97 Å². The largest absolute Gasteiger partial charge is 0.422 e. The number of nitro benzene ring substituents is 1. The monoisotopic (exact) mass is 451 g/mol. The van der Waals surface area contributed by atoms with Crippen molar-refractivity contribution >= 4 is 39.4 Å². The number of nitrogens with zero attached hydrogens (tertiary/aromatic N) is 1. The molecular weight excluding hydrogens is 438 g/mol. The number of rotatable bonds is 6. The number of hydrogen-bond donors (Lipinski definition) is 0. The van der Waals surface area contributed by atoms with Crippen LogP contribution in [0.15, 0.2) is 83.3 Å². The SMILES string of the molecule is O=C(/C=C/c1ccccc1OC(=O)c1cccc([N+](=O)[O-])c1)c1ccc(Br)cc1. The molecule has 0 bridgehead atoms. The maximum atomic E-state index is 12.4. The molecule has 0 saturated heterocycles. The minimum absolute atomic E-state index is 0.0592. The Morgan fingerprint density at radius 3 is 2.38 bits per heavy atom. The van der Waals surface area contributed by atoms with E-state index < -0.39 is 10.9 Å². The fourth-order valence-corrected chi connectivity index (χ4v) is 2.76. The average molecular weight is 452 g/mol. The number of carbonyl (C=O) groups excluding carboxylic acids is 2. The highest BCUT2D eigenvalue weighted by molar-refractivity contribution is 9.10. The molecule has 0 aliphatic heterocycles. The molecule has 0 saturated carbocycles. The lowest BCUT2D eigenvalue weighted by Gasteiger charge is -2.07. The van der Waals surface area contributed by atoms with Crippen molar-refractivity contribution in [1.82, 2.24) is 0 Å². The fraction of sp³-hybridized carbons (Fsp3) is 0. The van der Waals surface area contributed by atoms with Crippen molar-refractivity contribution in [3.8, 4) is 5.75 Å². The van der Waals surface area contributed by atoms with Gasteiger partial charge in [0.25, 0.3) is 5.69 Å². The highest BCUT2D eigenvalue weighted by Gasteiger charge is 2.14. The highest BCUT2D eigenvalue weighted by Crippen LogP contribution is 2.22. The van der Waals surface area contributed by atoms with E-state index in [0.29, 0.717) is 11.1 Å². The third-order valence-electron chi connectivity index (χ3n) is 3.96. The summed E-state index contributed by atoms with van der Waals surface area (Å²) in [6.45, 7) is 0. The van der Waals surface area contributed by atoms with Crippen molar-refractivity contribution in [1.29, 1.82) is 0 Å². The van der Waals surface area contributed by atoms with Gasteiger partial charge in [-0.15, -0.1) is 0 Å². The van der Waals surface area contributed by atoms with E-state index in [0.717, 1.165) is 10.5 Å². The summed E-state index contributed by atoms with van der Waals surface area (Å²) in [6.07, 6.45) is 2.95. The number of hydrogen-bond acceptors (Lipinski definition) is 5. The maximum Gasteiger partial charge on any atom is 0.343 e. The van der Waals surface area contributed by atoms with Crippen LogP contribution in [0.5, 0.6) is 5.75 Å². The molecule has 144 valence electrons. The molecule has 0 aliphatic carbocycles. The predicted molar refractivity (Wildman–Crippen MR) is 112 cm³/mol. The molecule has 0 spiro atoms. The van der Waals surface area contributed by atoms with Crippen LogP contribution in [-0.4, -0.2) is 16.7 Å². The molecule has 3 aromatic rings. The van der Waals surface area contributed by atoms with E-state index in [2.05, 4.69) is 15.9 Å². The van der Waals surface area contributed by atoms with E-state index in [4.69, 9.17) is 4.74 Å². The van der Waals surface area contributed by atoms with E-state index >= 15 is 0 Å². The van der Waals surface area contributed by atoms with Crippen LogP contribution in [0.1, 0.15) is 26.3 Å². The first-order valence-electron chi connectivity index (χ1n) is 8.48. The molecule has 0 unspecified atom stereocenters. The molecule has 0 N–H and O–H groups in total. The molecule has 0 aromatic heterocycles. The Hall–Kier alpha value is -3.58. The van der Waals surface area contributed by atoms with Crippen molar-refractivity contribution in [3.63, 3.8) is 0 Å². The minimum atomic E-state index is -0.728. The van der Waals surface area contributed by atoms with Gasteiger partial charge in [0.15, 0.2) is 5.78 Å². The molecule has 6 nitrogen and oxygen atoms in total. The molecule has 3 aromatic carbocycles. The Kier molecular flexibility index (Phi) is 6.31. The lowest BCUT2D eigenvalue weighted by atomic mass is 10.1. The summed E-state index contributed by atoms with van der Waals surface area (Å²) in [5, 5.41) is 10.9. The Balaban J connectivity index is 1.79. The summed E-state index contributed by atoms with van der Waals surface area (Å²) in [4.78, 5) is 35.0. The summed E-state index contributed by atoms with van der Waals surface area (Å²) < 4.78 is 6.26. The summed E-state index contributed by atoms with van der Waals surface area (Å²) in [5.74, 6) is -0.685. The second-order valence-electron chi connectivity index (χ2n) is 5.94.